The van der Waals surface area contributed by atoms with Gasteiger partial charge in [0.2, 0.25) is 0 Å². The summed E-state index contributed by atoms with van der Waals surface area (Å²) in [6.07, 6.45) is 0.966. The fourth-order valence-corrected chi connectivity index (χ4v) is 0.862. The molecule has 0 saturated carbocycles. The first-order valence-electron chi connectivity index (χ1n) is 3.71. The van der Waals surface area contributed by atoms with Gasteiger partial charge in [0, 0.05) is 12.1 Å². The SMILES string of the molecule is CCCC(O)=C(C(C)=N)C(=O)O. The Morgan fingerprint density at radius 1 is 1.42 bits per heavy atom. The van der Waals surface area contributed by atoms with Crippen molar-refractivity contribution in [3.05, 3.63) is 11.3 Å². The number of carboxylic acids is 1. The molecule has 0 heterocycles. The predicted molar refractivity (Wildman–Crippen MR) is 45.6 cm³/mol. The lowest BCUT2D eigenvalue weighted by molar-refractivity contribution is -0.132. The summed E-state index contributed by atoms with van der Waals surface area (Å²) in [4.78, 5) is 10.5. The molecular formula is C8H13NO3. The van der Waals surface area contributed by atoms with E-state index in [9.17, 15) is 9.90 Å². The van der Waals surface area contributed by atoms with Crippen molar-refractivity contribution in [3.63, 3.8) is 0 Å². The number of aliphatic hydroxyl groups is 1. The van der Waals surface area contributed by atoms with Gasteiger partial charge in [-0.3, -0.25) is 0 Å². The van der Waals surface area contributed by atoms with E-state index in [4.69, 9.17) is 10.5 Å². The van der Waals surface area contributed by atoms with Gasteiger partial charge < -0.3 is 15.6 Å². The van der Waals surface area contributed by atoms with Crippen molar-refractivity contribution in [2.24, 2.45) is 0 Å². The first-order chi connectivity index (χ1) is 5.50. The zero-order valence-corrected chi connectivity index (χ0v) is 7.22. The van der Waals surface area contributed by atoms with Gasteiger partial charge in [0.05, 0.1) is 0 Å². The van der Waals surface area contributed by atoms with E-state index in [0.717, 1.165) is 0 Å². The number of rotatable bonds is 4. The van der Waals surface area contributed by atoms with Crippen LogP contribution in [0.2, 0.25) is 0 Å². The van der Waals surface area contributed by atoms with Crippen LogP contribution in [0.15, 0.2) is 11.3 Å². The fourth-order valence-electron chi connectivity index (χ4n) is 0.862. The summed E-state index contributed by atoms with van der Waals surface area (Å²) >= 11 is 0. The van der Waals surface area contributed by atoms with E-state index in [1.165, 1.54) is 6.92 Å². The monoisotopic (exact) mass is 171 g/mol. The van der Waals surface area contributed by atoms with E-state index in [-0.39, 0.29) is 17.0 Å². The number of allylic oxidation sites excluding steroid dienone is 1. The van der Waals surface area contributed by atoms with E-state index in [1.54, 1.807) is 0 Å². The molecule has 0 aromatic carbocycles. The zero-order valence-electron chi connectivity index (χ0n) is 7.22. The summed E-state index contributed by atoms with van der Waals surface area (Å²) in [5.41, 5.74) is -0.398. The van der Waals surface area contributed by atoms with E-state index in [2.05, 4.69) is 0 Å². The molecule has 0 bridgehead atoms. The highest BCUT2D eigenvalue weighted by atomic mass is 16.4. The number of hydrogen-bond acceptors (Lipinski definition) is 3. The number of carboxylic acid groups (broad SMARTS) is 1. The molecule has 0 aliphatic rings. The van der Waals surface area contributed by atoms with Gasteiger partial charge in [0.1, 0.15) is 11.3 Å². The highest BCUT2D eigenvalue weighted by Crippen LogP contribution is 2.09. The third-order valence-corrected chi connectivity index (χ3v) is 1.36. The third-order valence-electron chi connectivity index (χ3n) is 1.36. The minimum atomic E-state index is -1.24. The number of aliphatic hydroxyl groups excluding tert-OH is 1. The molecule has 0 aromatic rings. The van der Waals surface area contributed by atoms with Gasteiger partial charge in [-0.2, -0.15) is 0 Å². The van der Waals surface area contributed by atoms with Crippen LogP contribution in [-0.4, -0.2) is 21.9 Å². The van der Waals surface area contributed by atoms with Gasteiger partial charge in [-0.15, -0.1) is 0 Å². The quantitative estimate of drug-likeness (QED) is 0.342. The highest BCUT2D eigenvalue weighted by Gasteiger charge is 2.15. The molecule has 0 atom stereocenters. The molecular weight excluding hydrogens is 158 g/mol. The smallest absolute Gasteiger partial charge is 0.340 e. The highest BCUT2D eigenvalue weighted by molar-refractivity contribution is 6.17. The topological polar surface area (TPSA) is 81.4 Å². The number of nitrogens with one attached hydrogen (secondary N) is 1. The van der Waals surface area contributed by atoms with Crippen LogP contribution >= 0.6 is 0 Å². The summed E-state index contributed by atoms with van der Waals surface area (Å²) in [5.74, 6) is -1.45. The van der Waals surface area contributed by atoms with Crippen molar-refractivity contribution in [1.29, 1.82) is 5.41 Å². The molecule has 0 fully saturated rings. The molecule has 3 N–H and O–H groups in total. The number of aliphatic carboxylic acids is 1. The van der Waals surface area contributed by atoms with Gasteiger partial charge in [0.15, 0.2) is 0 Å². The van der Waals surface area contributed by atoms with Crippen LogP contribution in [0, 0.1) is 5.41 Å². The number of carbonyl (C=O) groups is 1. The molecule has 0 spiro atoms. The Balaban J connectivity index is 4.80. The average molecular weight is 171 g/mol. The molecule has 12 heavy (non-hydrogen) atoms. The molecule has 0 amide bonds. The molecule has 0 unspecified atom stereocenters. The summed E-state index contributed by atoms with van der Waals surface area (Å²) in [5, 5.41) is 24.9. The first-order valence-corrected chi connectivity index (χ1v) is 3.71. The molecule has 0 rings (SSSR count). The average Bonchev–Trinajstić information content (AvgIpc) is 1.85. The molecule has 0 aliphatic carbocycles. The Bertz CT molecular complexity index is 214. The van der Waals surface area contributed by atoms with Crippen molar-refractivity contribution < 1.29 is 15.0 Å². The van der Waals surface area contributed by atoms with Crippen molar-refractivity contribution in [2.75, 3.05) is 0 Å². The maximum atomic E-state index is 10.5. The van der Waals surface area contributed by atoms with Crippen molar-refractivity contribution in [3.8, 4) is 0 Å². The van der Waals surface area contributed by atoms with Crippen molar-refractivity contribution in [1.82, 2.24) is 0 Å². The van der Waals surface area contributed by atoms with Crippen LogP contribution in [0.1, 0.15) is 26.7 Å². The molecule has 4 nitrogen and oxygen atoms in total. The molecule has 68 valence electrons. The lowest BCUT2D eigenvalue weighted by atomic mass is 10.1. The van der Waals surface area contributed by atoms with Crippen LogP contribution in [-0.2, 0) is 4.79 Å². The van der Waals surface area contributed by atoms with Crippen molar-refractivity contribution >= 4 is 11.7 Å². The fraction of sp³-hybridized carbons (Fsp3) is 0.500. The third kappa shape index (κ3) is 2.74. The maximum absolute atomic E-state index is 10.5. The summed E-state index contributed by atoms with van der Waals surface area (Å²) in [7, 11) is 0. The van der Waals surface area contributed by atoms with E-state index in [0.29, 0.717) is 12.8 Å². The molecule has 0 saturated heterocycles. The van der Waals surface area contributed by atoms with Crippen molar-refractivity contribution in [2.45, 2.75) is 26.7 Å². The van der Waals surface area contributed by atoms with Crippen LogP contribution in [0.5, 0.6) is 0 Å². The summed E-state index contributed by atoms with van der Waals surface area (Å²) in [6.45, 7) is 3.17. The lowest BCUT2D eigenvalue weighted by Crippen LogP contribution is -2.11. The van der Waals surface area contributed by atoms with Crippen LogP contribution in [0.3, 0.4) is 0 Å². The molecule has 0 radical (unpaired) electrons. The Morgan fingerprint density at radius 2 is 1.92 bits per heavy atom. The lowest BCUT2D eigenvalue weighted by Gasteiger charge is -2.03. The molecule has 0 aliphatic heterocycles. The van der Waals surface area contributed by atoms with E-state index >= 15 is 0 Å². The van der Waals surface area contributed by atoms with Gasteiger partial charge in [-0.1, -0.05) is 6.92 Å². The minimum absolute atomic E-state index is 0.117. The maximum Gasteiger partial charge on any atom is 0.340 e. The normalized spacial score (nSPS) is 12.2. The van der Waals surface area contributed by atoms with Gasteiger partial charge >= 0.3 is 5.97 Å². The van der Waals surface area contributed by atoms with Gasteiger partial charge in [0.25, 0.3) is 0 Å². The van der Waals surface area contributed by atoms with E-state index in [1.807, 2.05) is 6.92 Å². The second-order valence-corrected chi connectivity index (χ2v) is 2.50. The first kappa shape index (κ1) is 10.7. The Morgan fingerprint density at radius 3 is 2.17 bits per heavy atom. The largest absolute Gasteiger partial charge is 0.511 e. The number of hydrogen-bond donors (Lipinski definition) is 3. The van der Waals surface area contributed by atoms with Crippen LogP contribution in [0.4, 0.5) is 0 Å². The van der Waals surface area contributed by atoms with Crippen LogP contribution in [0.25, 0.3) is 0 Å². The minimum Gasteiger partial charge on any atom is -0.511 e. The Hall–Kier alpha value is -1.32. The zero-order chi connectivity index (χ0) is 9.72. The second kappa shape index (κ2) is 4.54. The summed E-state index contributed by atoms with van der Waals surface area (Å²) in [6, 6.07) is 0. The molecule has 0 aromatic heterocycles. The second-order valence-electron chi connectivity index (χ2n) is 2.50. The summed E-state index contributed by atoms with van der Waals surface area (Å²) < 4.78 is 0. The Labute approximate surface area is 71.0 Å². The van der Waals surface area contributed by atoms with Gasteiger partial charge in [-0.05, 0) is 13.3 Å². The van der Waals surface area contributed by atoms with Gasteiger partial charge in [-0.25, -0.2) is 4.79 Å². The standard InChI is InChI=1S/C8H13NO3/c1-3-4-6(10)7(5(2)9)8(11)12/h9-10H,3-4H2,1-2H3,(H,11,12). The van der Waals surface area contributed by atoms with Crippen LogP contribution < -0.4 is 0 Å². The molecule has 4 heteroatoms. The Kier molecular flexibility index (Phi) is 4.04. The van der Waals surface area contributed by atoms with E-state index < -0.39 is 5.97 Å². The predicted octanol–water partition coefficient (Wildman–Crippen LogP) is 1.72.